The molecule has 2 atom stereocenters. The largest absolute Gasteiger partial charge is 0.479 e. The summed E-state index contributed by atoms with van der Waals surface area (Å²) in [4.78, 5) is 24.3. The lowest BCUT2D eigenvalue weighted by Crippen LogP contribution is -2.34. The summed E-state index contributed by atoms with van der Waals surface area (Å²) in [5, 5.41) is 5.07. The van der Waals surface area contributed by atoms with Crippen LogP contribution in [0.5, 0.6) is 5.75 Å². The first-order valence-electron chi connectivity index (χ1n) is 9.20. The number of hydrogen-bond donors (Lipinski definition) is 1. The molecule has 0 saturated heterocycles. The maximum atomic E-state index is 12.2. The Labute approximate surface area is 164 Å². The number of nitrogens with one attached hydrogen (secondary N) is 1. The zero-order chi connectivity index (χ0) is 19.9. The third-order valence-corrected chi connectivity index (χ3v) is 4.40. The smallest absolute Gasteiger partial charge is 0.347 e. The molecular weight excluding hydrogens is 354 g/mol. The van der Waals surface area contributed by atoms with Gasteiger partial charge in [-0.05, 0) is 42.3 Å². The summed E-state index contributed by atoms with van der Waals surface area (Å²) in [6.07, 6.45) is -0.800. The minimum absolute atomic E-state index is 0.213. The first-order valence-corrected chi connectivity index (χ1v) is 9.20. The van der Waals surface area contributed by atoms with Gasteiger partial charge in [-0.15, -0.1) is 0 Å². The lowest BCUT2D eigenvalue weighted by atomic mass is 10.00. The Morgan fingerprint density at radius 2 is 1.57 bits per heavy atom. The van der Waals surface area contributed by atoms with Crippen LogP contribution in [0.4, 0.5) is 0 Å². The van der Waals surface area contributed by atoms with Crippen molar-refractivity contribution >= 4 is 22.6 Å². The van der Waals surface area contributed by atoms with E-state index in [0.717, 1.165) is 16.3 Å². The van der Waals surface area contributed by atoms with E-state index in [1.807, 2.05) is 67.6 Å². The number of carbonyl (C=O) groups is 2. The number of rotatable bonds is 7. The Kier molecular flexibility index (Phi) is 6.27. The van der Waals surface area contributed by atoms with Crippen LogP contribution in [-0.2, 0) is 14.3 Å². The van der Waals surface area contributed by atoms with Gasteiger partial charge in [-0.3, -0.25) is 4.79 Å². The monoisotopic (exact) mass is 377 g/mol. The third kappa shape index (κ3) is 4.88. The molecule has 0 aliphatic heterocycles. The Morgan fingerprint density at radius 3 is 2.36 bits per heavy atom. The predicted octanol–water partition coefficient (Wildman–Crippen LogP) is 4.03. The molecule has 3 rings (SSSR count). The van der Waals surface area contributed by atoms with E-state index in [1.54, 1.807) is 19.1 Å². The van der Waals surface area contributed by atoms with Crippen molar-refractivity contribution in [1.82, 2.24) is 5.32 Å². The molecule has 0 aliphatic carbocycles. The van der Waals surface area contributed by atoms with Crippen LogP contribution in [0.3, 0.4) is 0 Å². The minimum atomic E-state index is -0.800. The van der Waals surface area contributed by atoms with Gasteiger partial charge >= 0.3 is 5.97 Å². The van der Waals surface area contributed by atoms with E-state index in [1.165, 1.54) is 0 Å². The van der Waals surface area contributed by atoms with Crippen LogP contribution in [-0.4, -0.2) is 24.6 Å². The fourth-order valence-electron chi connectivity index (χ4n) is 2.99. The number of amides is 1. The molecule has 28 heavy (non-hydrogen) atoms. The number of carbonyl (C=O) groups excluding carboxylic acids is 2. The first kappa shape index (κ1) is 19.4. The lowest BCUT2D eigenvalue weighted by molar-refractivity contribution is -0.154. The molecule has 0 unspecified atom stereocenters. The van der Waals surface area contributed by atoms with Gasteiger partial charge in [-0.25, -0.2) is 4.79 Å². The van der Waals surface area contributed by atoms with E-state index in [2.05, 4.69) is 5.32 Å². The Hall–Kier alpha value is -3.34. The first-order chi connectivity index (χ1) is 13.5. The molecule has 0 fully saturated rings. The topological polar surface area (TPSA) is 64.6 Å². The Morgan fingerprint density at radius 1 is 0.893 bits per heavy atom. The van der Waals surface area contributed by atoms with Gasteiger partial charge < -0.3 is 14.8 Å². The summed E-state index contributed by atoms with van der Waals surface area (Å²) in [5.74, 6) is -0.376. The normalized spacial score (nSPS) is 12.8. The van der Waals surface area contributed by atoms with Crippen molar-refractivity contribution in [3.8, 4) is 5.75 Å². The molecule has 5 nitrogen and oxygen atoms in total. The number of fused-ring (bicyclic) bond motifs is 1. The average Bonchev–Trinajstić information content (AvgIpc) is 2.72. The minimum Gasteiger partial charge on any atom is -0.479 e. The molecule has 0 radical (unpaired) electrons. The summed E-state index contributed by atoms with van der Waals surface area (Å²) in [6.45, 7) is 3.14. The molecule has 3 aromatic carbocycles. The van der Waals surface area contributed by atoms with E-state index in [4.69, 9.17) is 9.47 Å². The van der Waals surface area contributed by atoms with Crippen LogP contribution in [0, 0.1) is 0 Å². The van der Waals surface area contributed by atoms with Crippen molar-refractivity contribution in [2.75, 3.05) is 6.61 Å². The zero-order valence-electron chi connectivity index (χ0n) is 15.9. The number of benzene rings is 3. The van der Waals surface area contributed by atoms with Crippen LogP contribution < -0.4 is 10.1 Å². The van der Waals surface area contributed by atoms with Gasteiger partial charge in [-0.1, -0.05) is 60.7 Å². The molecule has 3 aromatic rings. The number of para-hydroxylation sites is 1. The fraction of sp³-hybridized carbons (Fsp3) is 0.217. The Bertz CT molecular complexity index is 950. The van der Waals surface area contributed by atoms with Gasteiger partial charge in [0, 0.05) is 0 Å². The summed E-state index contributed by atoms with van der Waals surface area (Å²) >= 11 is 0. The van der Waals surface area contributed by atoms with Crippen LogP contribution in [0.2, 0.25) is 0 Å². The van der Waals surface area contributed by atoms with E-state index in [0.29, 0.717) is 5.75 Å². The van der Waals surface area contributed by atoms with E-state index >= 15 is 0 Å². The summed E-state index contributed by atoms with van der Waals surface area (Å²) < 4.78 is 10.6. The lowest BCUT2D eigenvalue weighted by Gasteiger charge is -2.17. The third-order valence-electron chi connectivity index (χ3n) is 4.40. The number of hydrogen-bond acceptors (Lipinski definition) is 4. The molecule has 0 bridgehead atoms. The van der Waals surface area contributed by atoms with Crippen LogP contribution >= 0.6 is 0 Å². The highest BCUT2D eigenvalue weighted by molar-refractivity contribution is 5.87. The summed E-state index contributed by atoms with van der Waals surface area (Å²) in [5.41, 5.74) is 1.01. The van der Waals surface area contributed by atoms with E-state index in [9.17, 15) is 9.59 Å². The molecule has 1 N–H and O–H groups in total. The second-order valence-corrected chi connectivity index (χ2v) is 6.54. The van der Waals surface area contributed by atoms with E-state index < -0.39 is 12.1 Å². The fourth-order valence-corrected chi connectivity index (χ4v) is 2.99. The van der Waals surface area contributed by atoms with Crippen LogP contribution in [0.25, 0.3) is 10.8 Å². The molecule has 144 valence electrons. The number of ether oxygens (including phenoxy) is 2. The van der Waals surface area contributed by atoms with Crippen molar-refractivity contribution in [2.45, 2.75) is 26.0 Å². The highest BCUT2D eigenvalue weighted by Gasteiger charge is 2.19. The SMILES string of the molecule is C[C@H](Oc1ccccc1)C(=O)OCC(=O)N[C@@H](C)c1cccc2ccccc12. The average molecular weight is 377 g/mol. The van der Waals surface area contributed by atoms with Crippen molar-refractivity contribution in [2.24, 2.45) is 0 Å². The van der Waals surface area contributed by atoms with Crippen molar-refractivity contribution in [1.29, 1.82) is 0 Å². The van der Waals surface area contributed by atoms with Crippen molar-refractivity contribution < 1.29 is 19.1 Å². The molecular formula is C23H23NO4. The van der Waals surface area contributed by atoms with Crippen molar-refractivity contribution in [3.05, 3.63) is 78.4 Å². The zero-order valence-corrected chi connectivity index (χ0v) is 15.9. The van der Waals surface area contributed by atoms with Gasteiger partial charge in [0.25, 0.3) is 5.91 Å². The molecule has 0 spiro atoms. The summed E-state index contributed by atoms with van der Waals surface area (Å²) in [7, 11) is 0. The number of esters is 1. The van der Waals surface area contributed by atoms with Gasteiger partial charge in [0.05, 0.1) is 6.04 Å². The molecule has 0 saturated carbocycles. The van der Waals surface area contributed by atoms with Gasteiger partial charge in [0.15, 0.2) is 12.7 Å². The maximum absolute atomic E-state index is 12.2. The molecule has 0 aromatic heterocycles. The molecule has 1 amide bonds. The Balaban J connectivity index is 1.53. The van der Waals surface area contributed by atoms with Gasteiger partial charge in [0.1, 0.15) is 5.75 Å². The van der Waals surface area contributed by atoms with Gasteiger partial charge in [-0.2, -0.15) is 0 Å². The van der Waals surface area contributed by atoms with Gasteiger partial charge in [0.2, 0.25) is 0 Å². The summed E-state index contributed by atoms with van der Waals surface area (Å²) in [6, 6.07) is 22.8. The van der Waals surface area contributed by atoms with Crippen LogP contribution in [0.15, 0.2) is 72.8 Å². The highest BCUT2D eigenvalue weighted by atomic mass is 16.6. The van der Waals surface area contributed by atoms with Crippen LogP contribution in [0.1, 0.15) is 25.5 Å². The highest BCUT2D eigenvalue weighted by Crippen LogP contribution is 2.23. The predicted molar refractivity (Wildman–Crippen MR) is 108 cm³/mol. The standard InChI is InChI=1S/C23H23NO4/c1-16(20-14-8-10-18-9-6-7-13-21(18)20)24-22(25)15-27-23(26)17(2)28-19-11-4-3-5-12-19/h3-14,16-17H,15H2,1-2H3,(H,24,25)/t16-,17-/m0/s1. The molecule has 5 heteroatoms. The quantitative estimate of drug-likeness (QED) is 0.632. The van der Waals surface area contributed by atoms with Crippen molar-refractivity contribution in [3.63, 3.8) is 0 Å². The molecule has 0 heterocycles. The second-order valence-electron chi connectivity index (χ2n) is 6.54. The second kappa shape index (κ2) is 9.04. The molecule has 0 aliphatic rings. The van der Waals surface area contributed by atoms with E-state index in [-0.39, 0.29) is 18.6 Å². The maximum Gasteiger partial charge on any atom is 0.347 e.